The van der Waals surface area contributed by atoms with Gasteiger partial charge in [-0.2, -0.15) is 5.10 Å². The van der Waals surface area contributed by atoms with Crippen LogP contribution in [0.25, 0.3) is 0 Å². The molecule has 2 rings (SSSR count). The van der Waals surface area contributed by atoms with E-state index in [0.29, 0.717) is 13.1 Å². The largest absolute Gasteiger partial charge is 0.467 e. The van der Waals surface area contributed by atoms with Crippen molar-refractivity contribution in [2.45, 2.75) is 39.8 Å². The van der Waals surface area contributed by atoms with E-state index in [-0.39, 0.29) is 0 Å². The van der Waals surface area contributed by atoms with Crippen molar-refractivity contribution < 1.29 is 4.42 Å². The van der Waals surface area contributed by atoms with Gasteiger partial charge in [0.2, 0.25) is 0 Å². The Balaban J connectivity index is 2.19. The van der Waals surface area contributed by atoms with Gasteiger partial charge in [0.15, 0.2) is 5.82 Å². The molecule has 2 N–H and O–H groups in total. The number of aryl methyl sites for hydroxylation is 2. The van der Waals surface area contributed by atoms with Crippen molar-refractivity contribution in [1.82, 2.24) is 14.8 Å². The molecule has 5 heteroatoms. The van der Waals surface area contributed by atoms with Gasteiger partial charge in [-0.15, -0.1) is 0 Å². The predicted octanol–water partition coefficient (Wildman–Crippen LogP) is 1.50. The maximum atomic E-state index is 5.54. The van der Waals surface area contributed by atoms with E-state index in [1.807, 2.05) is 10.7 Å². The van der Waals surface area contributed by atoms with E-state index < -0.39 is 0 Å². The molecule has 0 bridgehead atoms. The number of aromatic nitrogens is 3. The summed E-state index contributed by atoms with van der Waals surface area (Å²) in [6.45, 7) is 5.25. The minimum atomic E-state index is 0.502. The van der Waals surface area contributed by atoms with E-state index in [4.69, 9.17) is 10.2 Å². The normalized spacial score (nSPS) is 11.0. The van der Waals surface area contributed by atoms with Gasteiger partial charge in [-0.3, -0.25) is 0 Å². The molecule has 0 radical (unpaired) electrons. The number of nitrogens with zero attached hydrogens (tertiary/aromatic N) is 3. The predicted molar refractivity (Wildman–Crippen MR) is 64.5 cm³/mol. The molecule has 0 aliphatic heterocycles. The molecular weight excluding hydrogens is 216 g/mol. The number of rotatable bonds is 5. The van der Waals surface area contributed by atoms with Crippen LogP contribution >= 0.6 is 0 Å². The molecule has 0 fully saturated rings. The van der Waals surface area contributed by atoms with Crippen molar-refractivity contribution in [3.63, 3.8) is 0 Å². The SMILES string of the molecule is CCc1nc(CC)n(Cc2cc(CN)co2)n1. The average Bonchev–Trinajstić information content (AvgIpc) is 2.95. The Kier molecular flexibility index (Phi) is 3.58. The molecule has 2 aromatic heterocycles. The second kappa shape index (κ2) is 5.14. The van der Waals surface area contributed by atoms with Crippen LogP contribution in [0.15, 0.2) is 16.7 Å². The summed E-state index contributed by atoms with van der Waals surface area (Å²) < 4.78 is 7.33. The van der Waals surface area contributed by atoms with Crippen LogP contribution in [0.1, 0.15) is 36.8 Å². The second-order valence-corrected chi connectivity index (χ2v) is 3.93. The molecule has 2 heterocycles. The Bertz CT molecular complexity index is 486. The molecule has 0 aliphatic rings. The van der Waals surface area contributed by atoms with E-state index >= 15 is 0 Å². The zero-order valence-corrected chi connectivity index (χ0v) is 10.3. The van der Waals surface area contributed by atoms with E-state index in [1.54, 1.807) is 6.26 Å². The van der Waals surface area contributed by atoms with Gasteiger partial charge in [0, 0.05) is 24.9 Å². The first-order valence-corrected chi connectivity index (χ1v) is 5.95. The summed E-state index contributed by atoms with van der Waals surface area (Å²) in [7, 11) is 0. The highest BCUT2D eigenvalue weighted by molar-refractivity contribution is 5.13. The highest BCUT2D eigenvalue weighted by Gasteiger charge is 2.09. The lowest BCUT2D eigenvalue weighted by atomic mass is 10.3. The zero-order valence-electron chi connectivity index (χ0n) is 10.3. The van der Waals surface area contributed by atoms with Crippen LogP contribution in [0.2, 0.25) is 0 Å². The third kappa shape index (κ3) is 2.55. The van der Waals surface area contributed by atoms with Crippen LogP contribution in [-0.4, -0.2) is 14.8 Å². The topological polar surface area (TPSA) is 69.9 Å². The van der Waals surface area contributed by atoms with Gasteiger partial charge in [-0.05, 0) is 6.07 Å². The lowest BCUT2D eigenvalue weighted by molar-refractivity contribution is 0.471. The van der Waals surface area contributed by atoms with E-state index in [2.05, 4.69) is 23.9 Å². The van der Waals surface area contributed by atoms with Gasteiger partial charge < -0.3 is 10.2 Å². The van der Waals surface area contributed by atoms with Gasteiger partial charge >= 0.3 is 0 Å². The second-order valence-electron chi connectivity index (χ2n) is 3.93. The summed E-state index contributed by atoms with van der Waals surface area (Å²) in [5, 5.41) is 4.44. The Hall–Kier alpha value is -1.62. The van der Waals surface area contributed by atoms with Gasteiger partial charge in [-0.25, -0.2) is 9.67 Å². The smallest absolute Gasteiger partial charge is 0.150 e. The molecule has 0 spiro atoms. The number of hydrogen-bond acceptors (Lipinski definition) is 4. The molecule has 0 aromatic carbocycles. The van der Waals surface area contributed by atoms with Crippen molar-refractivity contribution in [1.29, 1.82) is 0 Å². The standard InChI is InChI=1S/C12H18N4O/c1-3-11-14-12(4-2)16(15-11)7-10-5-9(6-13)8-17-10/h5,8H,3-4,6-7,13H2,1-2H3. The average molecular weight is 234 g/mol. The van der Waals surface area contributed by atoms with E-state index in [0.717, 1.165) is 35.8 Å². The molecule has 0 aliphatic carbocycles. The molecular formula is C12H18N4O. The van der Waals surface area contributed by atoms with Gasteiger partial charge in [0.25, 0.3) is 0 Å². The Morgan fingerprint density at radius 1 is 1.35 bits per heavy atom. The molecule has 5 nitrogen and oxygen atoms in total. The van der Waals surface area contributed by atoms with Crippen molar-refractivity contribution in [2.75, 3.05) is 0 Å². The first-order chi connectivity index (χ1) is 8.26. The van der Waals surface area contributed by atoms with Crippen molar-refractivity contribution in [3.8, 4) is 0 Å². The maximum Gasteiger partial charge on any atom is 0.150 e. The zero-order chi connectivity index (χ0) is 12.3. The van der Waals surface area contributed by atoms with Gasteiger partial charge in [0.1, 0.15) is 18.1 Å². The first kappa shape index (κ1) is 11.9. The summed E-state index contributed by atoms with van der Waals surface area (Å²) in [5.74, 6) is 2.74. The quantitative estimate of drug-likeness (QED) is 0.851. The molecule has 0 atom stereocenters. The van der Waals surface area contributed by atoms with Crippen LogP contribution < -0.4 is 5.73 Å². The minimum Gasteiger partial charge on any atom is -0.467 e. The van der Waals surface area contributed by atoms with E-state index in [1.165, 1.54) is 0 Å². The van der Waals surface area contributed by atoms with Gasteiger partial charge in [-0.1, -0.05) is 13.8 Å². The Labute approximate surface area is 101 Å². The Morgan fingerprint density at radius 3 is 2.76 bits per heavy atom. The molecule has 0 saturated carbocycles. The number of furan rings is 1. The van der Waals surface area contributed by atoms with Crippen LogP contribution in [0.4, 0.5) is 0 Å². The summed E-state index contributed by atoms with van der Waals surface area (Å²) in [6, 6.07) is 1.97. The lowest BCUT2D eigenvalue weighted by Gasteiger charge is -2.00. The summed E-state index contributed by atoms with van der Waals surface area (Å²) in [5.41, 5.74) is 6.55. The number of nitrogens with two attached hydrogens (primary N) is 1. The minimum absolute atomic E-state index is 0.502. The van der Waals surface area contributed by atoms with Crippen molar-refractivity contribution >= 4 is 0 Å². The maximum absolute atomic E-state index is 5.54. The van der Waals surface area contributed by atoms with Crippen LogP contribution in [0.5, 0.6) is 0 Å². The van der Waals surface area contributed by atoms with Gasteiger partial charge in [0.05, 0.1) is 6.26 Å². The van der Waals surface area contributed by atoms with Crippen molar-refractivity contribution in [2.24, 2.45) is 5.73 Å². The highest BCUT2D eigenvalue weighted by atomic mass is 16.3. The highest BCUT2D eigenvalue weighted by Crippen LogP contribution is 2.10. The summed E-state index contributed by atoms with van der Waals surface area (Å²) in [6.07, 6.45) is 3.42. The molecule has 0 unspecified atom stereocenters. The van der Waals surface area contributed by atoms with Crippen LogP contribution in [-0.2, 0) is 25.9 Å². The molecule has 92 valence electrons. The fraction of sp³-hybridized carbons (Fsp3) is 0.500. The summed E-state index contributed by atoms with van der Waals surface area (Å²) in [4.78, 5) is 4.46. The van der Waals surface area contributed by atoms with E-state index in [9.17, 15) is 0 Å². The molecule has 0 saturated heterocycles. The molecule has 0 amide bonds. The van der Waals surface area contributed by atoms with Crippen LogP contribution in [0.3, 0.4) is 0 Å². The fourth-order valence-corrected chi connectivity index (χ4v) is 1.73. The molecule has 2 aromatic rings. The summed E-state index contributed by atoms with van der Waals surface area (Å²) >= 11 is 0. The fourth-order valence-electron chi connectivity index (χ4n) is 1.73. The molecule has 17 heavy (non-hydrogen) atoms. The van der Waals surface area contributed by atoms with Crippen LogP contribution in [0, 0.1) is 0 Å². The number of hydrogen-bond donors (Lipinski definition) is 1. The first-order valence-electron chi connectivity index (χ1n) is 5.95. The van der Waals surface area contributed by atoms with Crippen molar-refractivity contribution in [3.05, 3.63) is 35.3 Å². The Morgan fingerprint density at radius 2 is 2.18 bits per heavy atom. The third-order valence-electron chi connectivity index (χ3n) is 2.67. The lowest BCUT2D eigenvalue weighted by Crippen LogP contribution is -2.05. The third-order valence-corrected chi connectivity index (χ3v) is 2.67. The monoisotopic (exact) mass is 234 g/mol.